The van der Waals surface area contributed by atoms with E-state index in [-0.39, 0.29) is 0 Å². The summed E-state index contributed by atoms with van der Waals surface area (Å²) in [6.45, 7) is 0. The van der Waals surface area contributed by atoms with Gasteiger partial charge in [-0.2, -0.15) is 0 Å². The van der Waals surface area contributed by atoms with Crippen LogP contribution < -0.4 is 0 Å². The molecule has 0 aliphatic heterocycles. The third-order valence-corrected chi connectivity index (χ3v) is 2.84. The van der Waals surface area contributed by atoms with Gasteiger partial charge in [-0.3, -0.25) is 0 Å². The molecule has 0 saturated carbocycles. The third-order valence-electron chi connectivity index (χ3n) is 2.46. The normalized spacial score (nSPS) is 20.2. The third kappa shape index (κ3) is 1.89. The number of hydrogen-bond donors (Lipinski definition) is 0. The number of rotatable bonds is 3. The van der Waals surface area contributed by atoms with E-state index in [1.54, 1.807) is 11.8 Å². The first-order chi connectivity index (χ1) is 6.42. The Morgan fingerprint density at radius 2 is 2.31 bits per heavy atom. The van der Waals surface area contributed by atoms with Crippen LogP contribution in [-0.2, 0) is 11.2 Å². The zero-order valence-corrected chi connectivity index (χ0v) is 8.64. The Kier molecular flexibility index (Phi) is 2.91. The number of aryl methyl sites for hydroxylation is 1. The van der Waals surface area contributed by atoms with Gasteiger partial charge >= 0.3 is 0 Å². The highest BCUT2D eigenvalue weighted by atomic mass is 32.2. The van der Waals surface area contributed by atoms with Gasteiger partial charge in [0.25, 0.3) is 0 Å². The van der Waals surface area contributed by atoms with Crippen LogP contribution in [0.25, 0.3) is 0 Å². The van der Waals surface area contributed by atoms with E-state index in [4.69, 9.17) is 4.74 Å². The van der Waals surface area contributed by atoms with Gasteiger partial charge < -0.3 is 4.74 Å². The molecule has 0 heterocycles. The second-order valence-corrected chi connectivity index (χ2v) is 4.11. The fraction of sp³-hybridized carbons (Fsp3) is 0.455. The molecule has 2 heteroatoms. The van der Waals surface area contributed by atoms with Crippen molar-refractivity contribution < 1.29 is 4.74 Å². The summed E-state index contributed by atoms with van der Waals surface area (Å²) in [4.78, 5) is 0. The minimum absolute atomic E-state index is 0.351. The van der Waals surface area contributed by atoms with Crippen molar-refractivity contribution in [1.82, 2.24) is 0 Å². The highest BCUT2D eigenvalue weighted by Gasteiger charge is 2.21. The summed E-state index contributed by atoms with van der Waals surface area (Å²) in [6, 6.07) is 8.60. The van der Waals surface area contributed by atoms with Gasteiger partial charge in [0, 0.05) is 0 Å². The Morgan fingerprint density at radius 1 is 1.46 bits per heavy atom. The van der Waals surface area contributed by atoms with Gasteiger partial charge in [-0.1, -0.05) is 24.3 Å². The van der Waals surface area contributed by atoms with Crippen molar-refractivity contribution in [2.75, 3.05) is 12.2 Å². The Morgan fingerprint density at radius 3 is 3.15 bits per heavy atom. The first kappa shape index (κ1) is 9.10. The molecular weight excluding hydrogens is 180 g/mol. The smallest absolute Gasteiger partial charge is 0.0926 e. The van der Waals surface area contributed by atoms with Crippen molar-refractivity contribution in [3.8, 4) is 0 Å². The van der Waals surface area contributed by atoms with Crippen molar-refractivity contribution >= 4 is 11.8 Å². The topological polar surface area (TPSA) is 9.23 Å². The van der Waals surface area contributed by atoms with Crippen LogP contribution in [0.3, 0.4) is 0 Å². The van der Waals surface area contributed by atoms with Crippen LogP contribution in [0.1, 0.15) is 23.7 Å². The van der Waals surface area contributed by atoms with Crippen molar-refractivity contribution in [3.05, 3.63) is 35.4 Å². The van der Waals surface area contributed by atoms with Gasteiger partial charge in [0.15, 0.2) is 0 Å². The van der Waals surface area contributed by atoms with E-state index < -0.39 is 0 Å². The van der Waals surface area contributed by atoms with Crippen LogP contribution >= 0.6 is 11.8 Å². The molecule has 0 fully saturated rings. The van der Waals surface area contributed by atoms with Crippen LogP contribution in [-0.4, -0.2) is 12.2 Å². The van der Waals surface area contributed by atoms with Crippen LogP contribution in [0.2, 0.25) is 0 Å². The molecule has 0 spiro atoms. The zero-order valence-electron chi connectivity index (χ0n) is 7.82. The summed E-state index contributed by atoms with van der Waals surface area (Å²) in [5.41, 5.74) is 2.87. The lowest BCUT2D eigenvalue weighted by Gasteiger charge is -2.11. The largest absolute Gasteiger partial charge is 0.363 e. The number of benzene rings is 1. The maximum Gasteiger partial charge on any atom is 0.0926 e. The first-order valence-electron chi connectivity index (χ1n) is 4.60. The van der Waals surface area contributed by atoms with Crippen molar-refractivity contribution in [2.45, 2.75) is 18.9 Å². The molecule has 13 heavy (non-hydrogen) atoms. The molecule has 1 atom stereocenters. The molecular formula is C11H14OS. The van der Waals surface area contributed by atoms with E-state index in [1.807, 2.05) is 0 Å². The molecule has 0 bridgehead atoms. The molecule has 0 N–H and O–H groups in total. The summed E-state index contributed by atoms with van der Waals surface area (Å²) >= 11 is 1.74. The van der Waals surface area contributed by atoms with Crippen molar-refractivity contribution in [3.63, 3.8) is 0 Å². The summed E-state index contributed by atoms with van der Waals surface area (Å²) in [5, 5.41) is 0. The molecule has 0 radical (unpaired) electrons. The van der Waals surface area contributed by atoms with Crippen LogP contribution in [0.15, 0.2) is 24.3 Å². The SMILES string of the molecule is CSCOC1CCc2ccccc21. The fourth-order valence-electron chi connectivity index (χ4n) is 1.84. The molecule has 0 amide bonds. The van der Waals surface area contributed by atoms with Gasteiger partial charge in [-0.15, -0.1) is 11.8 Å². The van der Waals surface area contributed by atoms with Gasteiger partial charge in [-0.05, 0) is 30.2 Å². The summed E-state index contributed by atoms with van der Waals surface area (Å²) < 4.78 is 5.74. The predicted molar refractivity (Wildman–Crippen MR) is 57.0 cm³/mol. The first-order valence-corrected chi connectivity index (χ1v) is 5.99. The highest BCUT2D eigenvalue weighted by Crippen LogP contribution is 2.33. The van der Waals surface area contributed by atoms with E-state index >= 15 is 0 Å². The number of fused-ring (bicyclic) bond motifs is 1. The quantitative estimate of drug-likeness (QED) is 0.684. The number of ether oxygens (including phenoxy) is 1. The Bertz CT molecular complexity index is 285. The maximum absolute atomic E-state index is 5.74. The minimum atomic E-state index is 0.351. The monoisotopic (exact) mass is 194 g/mol. The molecule has 1 unspecified atom stereocenters. The average Bonchev–Trinajstić information content (AvgIpc) is 2.58. The Hall–Kier alpha value is -0.470. The summed E-state index contributed by atoms with van der Waals surface area (Å²) in [5.74, 6) is 0.805. The Labute approximate surface area is 83.5 Å². The average molecular weight is 194 g/mol. The van der Waals surface area contributed by atoms with Crippen molar-refractivity contribution in [1.29, 1.82) is 0 Å². The summed E-state index contributed by atoms with van der Waals surface area (Å²) in [7, 11) is 0. The number of hydrogen-bond acceptors (Lipinski definition) is 2. The Balaban J connectivity index is 2.09. The van der Waals surface area contributed by atoms with E-state index in [0.29, 0.717) is 6.10 Å². The van der Waals surface area contributed by atoms with Gasteiger partial charge in [-0.25, -0.2) is 0 Å². The predicted octanol–water partition coefficient (Wildman–Crippen LogP) is 3.01. The number of thioether (sulfide) groups is 1. The molecule has 1 aromatic carbocycles. The molecule has 1 aromatic rings. The second-order valence-electron chi connectivity index (χ2n) is 3.30. The molecule has 0 saturated heterocycles. The highest BCUT2D eigenvalue weighted by molar-refractivity contribution is 7.98. The van der Waals surface area contributed by atoms with E-state index in [9.17, 15) is 0 Å². The van der Waals surface area contributed by atoms with E-state index in [0.717, 1.165) is 12.4 Å². The van der Waals surface area contributed by atoms with Crippen LogP contribution in [0, 0.1) is 0 Å². The van der Waals surface area contributed by atoms with Gasteiger partial charge in [0.05, 0.1) is 12.0 Å². The van der Waals surface area contributed by atoms with E-state index in [1.165, 1.54) is 17.5 Å². The molecule has 1 aliphatic carbocycles. The standard InChI is InChI=1S/C11H14OS/c1-13-8-12-11-7-6-9-4-2-3-5-10(9)11/h2-5,11H,6-8H2,1H3. The van der Waals surface area contributed by atoms with Crippen molar-refractivity contribution in [2.24, 2.45) is 0 Å². The van der Waals surface area contributed by atoms with Gasteiger partial charge in [0.2, 0.25) is 0 Å². The summed E-state index contributed by atoms with van der Waals surface area (Å²) in [6.07, 6.45) is 4.75. The molecule has 1 nitrogen and oxygen atoms in total. The molecule has 0 aromatic heterocycles. The minimum Gasteiger partial charge on any atom is -0.363 e. The van der Waals surface area contributed by atoms with Crippen LogP contribution in [0.4, 0.5) is 0 Å². The molecule has 70 valence electrons. The lowest BCUT2D eigenvalue weighted by atomic mass is 10.1. The lowest BCUT2D eigenvalue weighted by molar-refractivity contribution is 0.0922. The molecule has 1 aliphatic rings. The van der Waals surface area contributed by atoms with E-state index in [2.05, 4.69) is 30.5 Å². The van der Waals surface area contributed by atoms with Gasteiger partial charge in [0.1, 0.15) is 0 Å². The van der Waals surface area contributed by atoms with Crippen LogP contribution in [0.5, 0.6) is 0 Å². The second kappa shape index (κ2) is 4.16. The maximum atomic E-state index is 5.74. The lowest BCUT2D eigenvalue weighted by Crippen LogP contribution is -1.98. The molecule has 2 rings (SSSR count). The zero-order chi connectivity index (χ0) is 9.10. The fourth-order valence-corrected chi connectivity index (χ4v) is 2.14.